The Kier molecular flexibility index (Phi) is 6.77. The van der Waals surface area contributed by atoms with Gasteiger partial charge in [0.15, 0.2) is 5.13 Å². The number of thiazole rings is 1. The van der Waals surface area contributed by atoms with E-state index in [4.69, 9.17) is 0 Å². The van der Waals surface area contributed by atoms with Crippen molar-refractivity contribution in [2.45, 2.75) is 30.7 Å². The molecule has 0 radical (unpaired) electrons. The normalized spacial score (nSPS) is 19.5. The summed E-state index contributed by atoms with van der Waals surface area (Å²) in [6.45, 7) is 2.94. The number of nitrogens with one attached hydrogen (secondary N) is 1. The quantitative estimate of drug-likeness (QED) is 0.672. The van der Waals surface area contributed by atoms with Crippen LogP contribution in [0.3, 0.4) is 0 Å². The number of carbonyl (C=O) groups excluding carboxylic acids is 3. The first-order chi connectivity index (χ1) is 15.8. The largest absolute Gasteiger partial charge is 0.340 e. The van der Waals surface area contributed by atoms with E-state index in [2.05, 4.69) is 10.3 Å². The second-order valence-corrected chi connectivity index (χ2v) is 10.8. The number of carbonyl (C=O) groups is 3. The third kappa shape index (κ3) is 4.92. The van der Waals surface area contributed by atoms with Crippen molar-refractivity contribution in [2.75, 3.05) is 38.0 Å². The fraction of sp³-hybridized carbons (Fsp3) is 0.429. The van der Waals surface area contributed by atoms with Gasteiger partial charge < -0.3 is 15.1 Å². The highest BCUT2D eigenvalue weighted by molar-refractivity contribution is 7.89. The Morgan fingerprint density at radius 1 is 1.12 bits per heavy atom. The summed E-state index contributed by atoms with van der Waals surface area (Å²) in [4.78, 5) is 44.6. The van der Waals surface area contributed by atoms with Crippen LogP contribution in [0.4, 0.5) is 5.13 Å². The Balaban J connectivity index is 1.49. The van der Waals surface area contributed by atoms with E-state index >= 15 is 0 Å². The lowest BCUT2D eigenvalue weighted by Gasteiger charge is -2.33. The van der Waals surface area contributed by atoms with Gasteiger partial charge in [-0.2, -0.15) is 4.31 Å². The van der Waals surface area contributed by atoms with Crippen molar-refractivity contribution in [3.8, 4) is 0 Å². The maximum absolute atomic E-state index is 13.2. The van der Waals surface area contributed by atoms with E-state index in [1.54, 1.807) is 22.5 Å². The Hall–Kier alpha value is -2.83. The van der Waals surface area contributed by atoms with Crippen molar-refractivity contribution in [3.63, 3.8) is 0 Å². The number of rotatable bonds is 5. The molecular formula is C21H25N5O5S2. The van der Waals surface area contributed by atoms with Crippen LogP contribution in [0.25, 0.3) is 0 Å². The van der Waals surface area contributed by atoms with Crippen molar-refractivity contribution in [3.05, 3.63) is 41.4 Å². The molecule has 1 aromatic carbocycles. The molecule has 2 aromatic rings. The number of anilines is 1. The van der Waals surface area contributed by atoms with E-state index in [0.717, 1.165) is 0 Å². The lowest BCUT2D eigenvalue weighted by Crippen LogP contribution is -2.49. The number of sulfonamides is 1. The highest BCUT2D eigenvalue weighted by atomic mass is 32.2. The summed E-state index contributed by atoms with van der Waals surface area (Å²) in [7, 11) is -3.82. The molecule has 0 bridgehead atoms. The minimum absolute atomic E-state index is 0.0209. The number of benzene rings is 1. The fourth-order valence-corrected chi connectivity index (χ4v) is 6.10. The van der Waals surface area contributed by atoms with Gasteiger partial charge in [0, 0.05) is 56.8 Å². The summed E-state index contributed by atoms with van der Waals surface area (Å²) >= 11 is 1.30. The molecule has 1 aromatic heterocycles. The Morgan fingerprint density at radius 2 is 1.88 bits per heavy atom. The van der Waals surface area contributed by atoms with E-state index in [1.165, 1.54) is 45.7 Å². The average molecular weight is 492 g/mol. The number of likely N-dealkylation sites (tertiary alicyclic amines) is 1. The molecule has 0 saturated carbocycles. The molecular weight excluding hydrogens is 466 g/mol. The van der Waals surface area contributed by atoms with Crippen LogP contribution in [0.2, 0.25) is 0 Å². The maximum Gasteiger partial charge on any atom is 0.254 e. The Morgan fingerprint density at radius 3 is 2.55 bits per heavy atom. The third-order valence-electron chi connectivity index (χ3n) is 5.88. The molecule has 2 aliphatic rings. The van der Waals surface area contributed by atoms with Crippen molar-refractivity contribution >= 4 is 44.2 Å². The first kappa shape index (κ1) is 23.3. The minimum Gasteiger partial charge on any atom is -0.340 e. The van der Waals surface area contributed by atoms with Crippen LogP contribution in [-0.2, 0) is 19.6 Å². The lowest BCUT2D eigenvalue weighted by atomic mass is 10.1. The van der Waals surface area contributed by atoms with Gasteiger partial charge in [-0.05, 0) is 31.0 Å². The third-order valence-corrected chi connectivity index (χ3v) is 8.46. The number of hydrogen-bond acceptors (Lipinski definition) is 7. The van der Waals surface area contributed by atoms with Crippen LogP contribution in [0.15, 0.2) is 40.7 Å². The van der Waals surface area contributed by atoms with Gasteiger partial charge in [0.2, 0.25) is 21.8 Å². The van der Waals surface area contributed by atoms with Crippen molar-refractivity contribution < 1.29 is 22.8 Å². The zero-order valence-electron chi connectivity index (χ0n) is 18.1. The molecule has 3 amide bonds. The van der Waals surface area contributed by atoms with Gasteiger partial charge in [-0.15, -0.1) is 11.3 Å². The molecule has 1 unspecified atom stereocenters. The highest BCUT2D eigenvalue weighted by Crippen LogP contribution is 2.24. The molecule has 12 heteroatoms. The Bertz CT molecular complexity index is 1140. The first-order valence-corrected chi connectivity index (χ1v) is 13.0. The number of aromatic nitrogens is 1. The van der Waals surface area contributed by atoms with E-state index in [9.17, 15) is 22.8 Å². The number of amides is 3. The van der Waals surface area contributed by atoms with E-state index < -0.39 is 16.1 Å². The van der Waals surface area contributed by atoms with Crippen molar-refractivity contribution in [2.24, 2.45) is 0 Å². The summed E-state index contributed by atoms with van der Waals surface area (Å²) in [5.41, 5.74) is 0.215. The van der Waals surface area contributed by atoms with E-state index in [-0.39, 0.29) is 41.3 Å². The summed E-state index contributed by atoms with van der Waals surface area (Å²) in [6, 6.07) is 5.28. The molecule has 3 heterocycles. The second kappa shape index (κ2) is 9.57. The van der Waals surface area contributed by atoms with Gasteiger partial charge in [-0.25, -0.2) is 13.4 Å². The van der Waals surface area contributed by atoms with Gasteiger partial charge in [0.1, 0.15) is 6.04 Å². The standard InChI is InChI=1S/C21H25N5O5S2/c1-15(27)24-9-11-25(12-10-24)33(30,31)17-5-2-4-16(14-17)20(29)26-8-3-6-18(26)19(28)23-21-22-7-13-32-21/h2,4-5,7,13-14,18H,3,6,8-12H2,1H3,(H,22,23,28). The molecule has 176 valence electrons. The monoisotopic (exact) mass is 491 g/mol. The lowest BCUT2D eigenvalue weighted by molar-refractivity contribution is -0.130. The summed E-state index contributed by atoms with van der Waals surface area (Å²) in [6.07, 6.45) is 2.80. The average Bonchev–Trinajstić information content (AvgIpc) is 3.51. The Labute approximate surface area is 196 Å². The van der Waals surface area contributed by atoms with Crippen LogP contribution < -0.4 is 5.32 Å². The van der Waals surface area contributed by atoms with Crippen LogP contribution in [-0.4, -0.2) is 84.0 Å². The van der Waals surface area contributed by atoms with Gasteiger partial charge >= 0.3 is 0 Å². The van der Waals surface area contributed by atoms with E-state index in [0.29, 0.717) is 37.6 Å². The molecule has 0 aliphatic carbocycles. The van der Waals surface area contributed by atoms with Crippen molar-refractivity contribution in [1.29, 1.82) is 0 Å². The van der Waals surface area contributed by atoms with Crippen LogP contribution in [0.1, 0.15) is 30.1 Å². The van der Waals surface area contributed by atoms with Crippen molar-refractivity contribution in [1.82, 2.24) is 19.1 Å². The molecule has 2 aliphatic heterocycles. The van der Waals surface area contributed by atoms with Gasteiger partial charge in [-0.1, -0.05) is 6.07 Å². The SMILES string of the molecule is CC(=O)N1CCN(S(=O)(=O)c2cccc(C(=O)N3CCCC3C(=O)Nc3nccs3)c2)CC1. The smallest absolute Gasteiger partial charge is 0.254 e. The molecule has 1 N–H and O–H groups in total. The van der Waals surface area contributed by atoms with Crippen LogP contribution in [0.5, 0.6) is 0 Å². The predicted molar refractivity (Wildman–Crippen MR) is 122 cm³/mol. The number of nitrogens with zero attached hydrogens (tertiary/aromatic N) is 4. The van der Waals surface area contributed by atoms with Gasteiger partial charge in [0.05, 0.1) is 4.90 Å². The topological polar surface area (TPSA) is 120 Å². The predicted octanol–water partition coefficient (Wildman–Crippen LogP) is 1.24. The summed E-state index contributed by atoms with van der Waals surface area (Å²) in [5, 5.41) is 4.95. The minimum atomic E-state index is -3.82. The molecule has 2 fully saturated rings. The zero-order chi connectivity index (χ0) is 23.6. The maximum atomic E-state index is 13.2. The summed E-state index contributed by atoms with van der Waals surface area (Å²) in [5.74, 6) is -0.771. The van der Waals surface area contributed by atoms with Crippen LogP contribution in [0, 0.1) is 0 Å². The highest BCUT2D eigenvalue weighted by Gasteiger charge is 2.36. The molecule has 1 atom stereocenters. The molecule has 33 heavy (non-hydrogen) atoms. The van der Waals surface area contributed by atoms with Gasteiger partial charge in [-0.3, -0.25) is 14.4 Å². The number of hydrogen-bond donors (Lipinski definition) is 1. The summed E-state index contributed by atoms with van der Waals surface area (Å²) < 4.78 is 27.6. The molecule has 4 rings (SSSR count). The van der Waals surface area contributed by atoms with Gasteiger partial charge in [0.25, 0.3) is 5.91 Å². The van der Waals surface area contributed by atoms with Crippen LogP contribution >= 0.6 is 11.3 Å². The zero-order valence-corrected chi connectivity index (χ0v) is 19.8. The first-order valence-electron chi connectivity index (χ1n) is 10.6. The fourth-order valence-electron chi connectivity index (χ4n) is 4.10. The van der Waals surface area contributed by atoms with E-state index in [1.807, 2.05) is 0 Å². The second-order valence-electron chi connectivity index (χ2n) is 7.92. The molecule has 10 nitrogen and oxygen atoms in total. The molecule has 0 spiro atoms. The number of piperazine rings is 1. The molecule has 2 saturated heterocycles.